The van der Waals surface area contributed by atoms with Gasteiger partial charge in [0.1, 0.15) is 18.4 Å². The van der Waals surface area contributed by atoms with Gasteiger partial charge in [-0.05, 0) is 37.1 Å². The highest BCUT2D eigenvalue weighted by atomic mass is 16.7. The molecule has 1 aromatic heterocycles. The largest absolute Gasteiger partial charge is 0.406 e. The minimum absolute atomic E-state index is 0.876. The van der Waals surface area contributed by atoms with Crippen molar-refractivity contribution in [3.8, 4) is 11.4 Å². The van der Waals surface area contributed by atoms with Crippen molar-refractivity contribution in [2.45, 2.75) is 19.3 Å². The Morgan fingerprint density at radius 1 is 1.00 bits per heavy atom. The lowest BCUT2D eigenvalue weighted by Crippen LogP contribution is -2.32. The van der Waals surface area contributed by atoms with Gasteiger partial charge in [0.25, 0.3) is 0 Å². The molecule has 0 radical (unpaired) electrons. The van der Waals surface area contributed by atoms with Crippen LogP contribution in [-0.2, 0) is 0 Å². The summed E-state index contributed by atoms with van der Waals surface area (Å²) in [5.74, 6) is 0.876. The molecule has 1 aliphatic heterocycles. The number of nitrogens with zero attached hydrogens (tertiary/aromatic N) is 4. The molecule has 0 bridgehead atoms. The zero-order valence-corrected chi connectivity index (χ0v) is 10.2. The second-order valence-corrected chi connectivity index (χ2v) is 4.41. The summed E-state index contributed by atoms with van der Waals surface area (Å²) < 4.78 is 1.73. The summed E-state index contributed by atoms with van der Waals surface area (Å²) in [6, 6.07) is 7.89. The van der Waals surface area contributed by atoms with Crippen molar-refractivity contribution in [1.82, 2.24) is 19.8 Å². The molecule has 18 heavy (non-hydrogen) atoms. The molecule has 0 N–H and O–H groups in total. The zero-order valence-electron chi connectivity index (χ0n) is 10.2. The minimum Gasteiger partial charge on any atom is -0.406 e. The van der Waals surface area contributed by atoms with Gasteiger partial charge in [0.15, 0.2) is 0 Å². The molecule has 0 atom stereocenters. The Morgan fingerprint density at radius 2 is 1.78 bits per heavy atom. The molecule has 0 spiro atoms. The molecular formula is C13H16N4O. The maximum atomic E-state index is 5.82. The van der Waals surface area contributed by atoms with E-state index in [9.17, 15) is 0 Å². The van der Waals surface area contributed by atoms with Crippen LogP contribution in [0.25, 0.3) is 5.69 Å². The van der Waals surface area contributed by atoms with E-state index in [1.807, 2.05) is 29.3 Å². The first-order valence-corrected chi connectivity index (χ1v) is 6.30. The van der Waals surface area contributed by atoms with Gasteiger partial charge >= 0.3 is 0 Å². The van der Waals surface area contributed by atoms with Crippen LogP contribution in [-0.4, -0.2) is 32.9 Å². The lowest BCUT2D eigenvalue weighted by Gasteiger charge is -2.26. The molecule has 1 saturated heterocycles. The maximum Gasteiger partial charge on any atom is 0.147 e. The van der Waals surface area contributed by atoms with Crippen molar-refractivity contribution in [3.05, 3.63) is 36.9 Å². The van der Waals surface area contributed by atoms with Crippen LogP contribution in [0.5, 0.6) is 5.75 Å². The fourth-order valence-electron chi connectivity index (χ4n) is 2.11. The van der Waals surface area contributed by atoms with Gasteiger partial charge in [-0.3, -0.25) is 0 Å². The maximum absolute atomic E-state index is 5.82. The topological polar surface area (TPSA) is 43.2 Å². The third-order valence-corrected chi connectivity index (χ3v) is 3.07. The molecule has 5 nitrogen and oxygen atoms in total. The Kier molecular flexibility index (Phi) is 3.23. The van der Waals surface area contributed by atoms with E-state index in [1.165, 1.54) is 25.6 Å². The van der Waals surface area contributed by atoms with Crippen LogP contribution >= 0.6 is 0 Å². The first-order valence-electron chi connectivity index (χ1n) is 6.30. The smallest absolute Gasteiger partial charge is 0.147 e. The van der Waals surface area contributed by atoms with Crippen molar-refractivity contribution in [3.63, 3.8) is 0 Å². The molecule has 0 saturated carbocycles. The Bertz CT molecular complexity index is 474. The molecule has 1 aromatic carbocycles. The molecular weight excluding hydrogens is 228 g/mol. The highest BCUT2D eigenvalue weighted by molar-refractivity contribution is 5.36. The molecule has 0 unspecified atom stereocenters. The van der Waals surface area contributed by atoms with E-state index in [0.717, 1.165) is 24.5 Å². The van der Waals surface area contributed by atoms with Crippen LogP contribution < -0.4 is 4.84 Å². The van der Waals surface area contributed by atoms with Crippen LogP contribution in [0.3, 0.4) is 0 Å². The molecule has 2 aromatic rings. The lowest BCUT2D eigenvalue weighted by molar-refractivity contribution is -0.0719. The third-order valence-electron chi connectivity index (χ3n) is 3.07. The van der Waals surface area contributed by atoms with Crippen LogP contribution in [0.4, 0.5) is 0 Å². The van der Waals surface area contributed by atoms with Crippen molar-refractivity contribution in [2.75, 3.05) is 13.1 Å². The van der Waals surface area contributed by atoms with Crippen molar-refractivity contribution in [2.24, 2.45) is 0 Å². The second kappa shape index (κ2) is 5.18. The number of benzene rings is 1. The molecule has 2 heterocycles. The number of hydrogen-bond acceptors (Lipinski definition) is 4. The van der Waals surface area contributed by atoms with Gasteiger partial charge in [-0.25, -0.2) is 9.67 Å². The fraction of sp³-hybridized carbons (Fsp3) is 0.385. The summed E-state index contributed by atoms with van der Waals surface area (Å²) in [4.78, 5) is 9.74. The zero-order chi connectivity index (χ0) is 12.2. The number of rotatable bonds is 3. The van der Waals surface area contributed by atoms with E-state index in [0.29, 0.717) is 0 Å². The summed E-state index contributed by atoms with van der Waals surface area (Å²) in [7, 11) is 0. The van der Waals surface area contributed by atoms with Crippen LogP contribution in [0.15, 0.2) is 36.9 Å². The third kappa shape index (κ3) is 2.51. The number of hydrogen-bond donors (Lipinski definition) is 0. The monoisotopic (exact) mass is 244 g/mol. The van der Waals surface area contributed by atoms with Crippen LogP contribution in [0.1, 0.15) is 19.3 Å². The summed E-state index contributed by atoms with van der Waals surface area (Å²) in [5.41, 5.74) is 0.985. The molecule has 5 heteroatoms. The Morgan fingerprint density at radius 3 is 2.44 bits per heavy atom. The summed E-state index contributed by atoms with van der Waals surface area (Å²) >= 11 is 0. The van der Waals surface area contributed by atoms with E-state index in [-0.39, 0.29) is 0 Å². The second-order valence-electron chi connectivity index (χ2n) is 4.41. The predicted octanol–water partition coefficient (Wildman–Crippen LogP) is 2.05. The number of aromatic nitrogens is 3. The van der Waals surface area contributed by atoms with Crippen molar-refractivity contribution in [1.29, 1.82) is 0 Å². The average Bonchev–Trinajstić information content (AvgIpc) is 2.95. The van der Waals surface area contributed by atoms with Gasteiger partial charge in [0, 0.05) is 13.1 Å². The highest BCUT2D eigenvalue weighted by Crippen LogP contribution is 2.17. The Hall–Kier alpha value is -1.88. The van der Waals surface area contributed by atoms with Gasteiger partial charge in [-0.1, -0.05) is 6.42 Å². The van der Waals surface area contributed by atoms with Gasteiger partial charge in [0.05, 0.1) is 5.69 Å². The predicted molar refractivity (Wildman–Crippen MR) is 67.4 cm³/mol. The van der Waals surface area contributed by atoms with E-state index >= 15 is 0 Å². The van der Waals surface area contributed by atoms with Gasteiger partial charge in [0.2, 0.25) is 0 Å². The summed E-state index contributed by atoms with van der Waals surface area (Å²) in [6.45, 7) is 2.04. The summed E-state index contributed by atoms with van der Waals surface area (Å²) in [5, 5.41) is 6.12. The van der Waals surface area contributed by atoms with E-state index in [1.54, 1.807) is 11.0 Å². The van der Waals surface area contributed by atoms with Crippen LogP contribution in [0, 0.1) is 0 Å². The standard InChI is InChI=1S/C13H16N4O/c1-2-8-16(9-3-1)18-13-6-4-12(5-7-13)17-11-14-10-15-17/h4-7,10-11H,1-3,8-9H2. The quantitative estimate of drug-likeness (QED) is 0.828. The molecule has 0 amide bonds. The normalized spacial score (nSPS) is 16.7. The van der Waals surface area contributed by atoms with Gasteiger partial charge in [-0.2, -0.15) is 5.10 Å². The van der Waals surface area contributed by atoms with E-state index in [2.05, 4.69) is 10.1 Å². The lowest BCUT2D eigenvalue weighted by atomic mass is 10.2. The van der Waals surface area contributed by atoms with Crippen molar-refractivity contribution >= 4 is 0 Å². The molecule has 94 valence electrons. The van der Waals surface area contributed by atoms with Crippen molar-refractivity contribution < 1.29 is 4.84 Å². The summed E-state index contributed by atoms with van der Waals surface area (Å²) in [6.07, 6.45) is 6.96. The molecule has 1 aliphatic rings. The molecule has 1 fully saturated rings. The van der Waals surface area contributed by atoms with Gasteiger partial charge < -0.3 is 4.84 Å². The van der Waals surface area contributed by atoms with Crippen LogP contribution in [0.2, 0.25) is 0 Å². The SMILES string of the molecule is c1ncn(-c2ccc(ON3CCCCC3)cc2)n1. The molecule has 3 rings (SSSR count). The fourth-order valence-corrected chi connectivity index (χ4v) is 2.11. The minimum atomic E-state index is 0.876. The number of hydroxylamine groups is 2. The average molecular weight is 244 g/mol. The molecule has 0 aliphatic carbocycles. The highest BCUT2D eigenvalue weighted by Gasteiger charge is 2.11. The van der Waals surface area contributed by atoms with E-state index < -0.39 is 0 Å². The van der Waals surface area contributed by atoms with Gasteiger partial charge in [-0.15, -0.1) is 5.06 Å². The number of piperidine rings is 1. The first kappa shape index (κ1) is 11.2. The first-order chi connectivity index (χ1) is 8.92. The van der Waals surface area contributed by atoms with E-state index in [4.69, 9.17) is 4.84 Å². The Labute approximate surface area is 106 Å². The Balaban J connectivity index is 1.67.